The molecule has 0 radical (unpaired) electrons. The van der Waals surface area contributed by atoms with Gasteiger partial charge in [-0.1, -0.05) is 13.8 Å². The van der Waals surface area contributed by atoms with E-state index in [9.17, 15) is 0 Å². The van der Waals surface area contributed by atoms with Crippen LogP contribution in [0.1, 0.15) is 65.2 Å². The van der Waals surface area contributed by atoms with Crippen LogP contribution in [0.3, 0.4) is 0 Å². The van der Waals surface area contributed by atoms with Crippen LogP contribution in [0.5, 0.6) is 0 Å². The normalized spacial score (nSPS) is 43.5. The first-order chi connectivity index (χ1) is 15.9. The average Bonchev–Trinajstić information content (AvgIpc) is 2.94. The monoisotopic (exact) mass is 537 g/mol. The highest BCUT2D eigenvalue weighted by Gasteiger charge is 2.62. The van der Waals surface area contributed by atoms with Crippen LogP contribution in [0.4, 0.5) is 0 Å². The van der Waals surface area contributed by atoms with Gasteiger partial charge in [0.15, 0.2) is 16.6 Å². The topological polar surface area (TPSA) is 40.0 Å². The number of hydrogen-bond donors (Lipinski definition) is 0. The molecule has 0 amide bonds. The summed E-state index contributed by atoms with van der Waals surface area (Å²) in [6, 6.07) is 0. The zero-order chi connectivity index (χ0) is 26.0. The highest BCUT2D eigenvalue weighted by atomic mass is 28.4. The van der Waals surface area contributed by atoms with E-state index in [1.54, 1.807) is 0 Å². The van der Waals surface area contributed by atoms with Crippen LogP contribution in [0, 0.1) is 34.5 Å². The van der Waals surface area contributed by atoms with Crippen molar-refractivity contribution in [2.45, 2.75) is 136 Å². The van der Waals surface area contributed by atoms with Crippen LogP contribution in [0.25, 0.3) is 0 Å². The van der Waals surface area contributed by atoms with Crippen molar-refractivity contribution in [3.8, 4) is 0 Å². The summed E-state index contributed by atoms with van der Waals surface area (Å²) in [6.45, 7) is 25.9. The van der Waals surface area contributed by atoms with Crippen LogP contribution < -0.4 is 0 Å². The van der Waals surface area contributed by atoms with E-state index >= 15 is 0 Å². The molecule has 8 atom stereocenters. The Hall–Kier alpha value is 0.0406. The molecule has 0 aromatic rings. The molecule has 4 saturated carbocycles. The Labute approximate surface area is 219 Å². The molecule has 0 aromatic carbocycles. The maximum Gasteiger partial charge on any atom is 0.278 e. The van der Waals surface area contributed by atoms with Crippen molar-refractivity contribution in [2.24, 2.45) is 39.7 Å². The molecule has 35 heavy (non-hydrogen) atoms. The minimum Gasteiger partial charge on any atom is -0.456 e. The molecule has 0 spiro atoms. The van der Waals surface area contributed by atoms with E-state index in [1.807, 2.05) is 0 Å². The lowest BCUT2D eigenvalue weighted by Crippen LogP contribution is -2.54. The summed E-state index contributed by atoms with van der Waals surface area (Å²) in [5.41, 5.74) is 1.87. The van der Waals surface area contributed by atoms with Gasteiger partial charge in [-0.15, -0.1) is 5.16 Å². The number of fused-ring (bicyclic) bond motifs is 5. The SMILES string of the molecule is C[C@]12CCC3C(CC[C@H]4C[C@@H](O[Si](C)(C)C)CC[C@]34C)C1C[C@@H](O[Si](C)(C)C)/C2=N\O[Si](C)(C)C. The van der Waals surface area contributed by atoms with Crippen molar-refractivity contribution < 1.29 is 13.4 Å². The van der Waals surface area contributed by atoms with E-state index in [4.69, 9.17) is 18.5 Å². The maximum absolute atomic E-state index is 6.84. The highest BCUT2D eigenvalue weighted by molar-refractivity contribution is 6.70. The zero-order valence-electron chi connectivity index (χ0n) is 24.8. The fourth-order valence-electron chi connectivity index (χ4n) is 8.49. The average molecular weight is 538 g/mol. The van der Waals surface area contributed by atoms with Gasteiger partial charge >= 0.3 is 0 Å². The molecule has 0 bridgehead atoms. The van der Waals surface area contributed by atoms with Crippen molar-refractivity contribution in [3.05, 3.63) is 0 Å². The van der Waals surface area contributed by atoms with Crippen molar-refractivity contribution in [3.63, 3.8) is 0 Å². The third-order valence-electron chi connectivity index (χ3n) is 9.80. The summed E-state index contributed by atoms with van der Waals surface area (Å²) < 4.78 is 19.7. The predicted molar refractivity (Wildman–Crippen MR) is 155 cm³/mol. The van der Waals surface area contributed by atoms with Gasteiger partial charge in [0, 0.05) is 11.5 Å². The Bertz CT molecular complexity index is 814. The van der Waals surface area contributed by atoms with Crippen molar-refractivity contribution in [2.75, 3.05) is 0 Å². The van der Waals surface area contributed by atoms with E-state index < -0.39 is 25.0 Å². The third-order valence-corrected chi connectivity index (χ3v) is 12.5. The molecular weight excluding hydrogens is 483 g/mol. The number of rotatable bonds is 6. The maximum atomic E-state index is 6.84. The summed E-state index contributed by atoms with van der Waals surface area (Å²) >= 11 is 0. The molecule has 4 aliphatic carbocycles. The van der Waals surface area contributed by atoms with Crippen LogP contribution in [-0.4, -0.2) is 42.9 Å². The third kappa shape index (κ3) is 5.89. The lowest BCUT2D eigenvalue weighted by atomic mass is 9.45. The molecule has 4 fully saturated rings. The van der Waals surface area contributed by atoms with Crippen molar-refractivity contribution in [1.82, 2.24) is 0 Å². The first-order valence-electron chi connectivity index (χ1n) is 14.5. The first kappa shape index (κ1) is 28.1. The smallest absolute Gasteiger partial charge is 0.278 e. The molecule has 202 valence electrons. The standard InChI is InChI=1S/C28H55NO3Si3/c1-27-16-14-21(30-33(3,4)5)18-20(27)12-13-22-23(27)15-17-28(2)24(22)19-25(31-34(6,7)8)26(28)29-32-35(9,10)11/h20-25H,12-19H2,1-11H3/b29-26+/t20-,21-,22?,23?,24?,25+,27-,28-/m0/s1. The summed E-state index contributed by atoms with van der Waals surface area (Å²) in [4.78, 5) is 0. The second-order valence-corrected chi connectivity index (χ2v) is 29.2. The van der Waals surface area contributed by atoms with Crippen molar-refractivity contribution >= 4 is 30.7 Å². The molecule has 3 unspecified atom stereocenters. The lowest BCUT2D eigenvalue weighted by Gasteiger charge is -2.60. The first-order valence-corrected chi connectivity index (χ1v) is 24.8. The Morgan fingerprint density at radius 3 is 1.97 bits per heavy atom. The number of nitrogens with zero attached hydrogens (tertiary/aromatic N) is 1. The summed E-state index contributed by atoms with van der Waals surface area (Å²) in [7, 11) is -4.90. The van der Waals surface area contributed by atoms with E-state index in [0.29, 0.717) is 17.4 Å². The van der Waals surface area contributed by atoms with Gasteiger partial charge in [-0.25, -0.2) is 0 Å². The van der Waals surface area contributed by atoms with Gasteiger partial charge in [-0.05, 0) is 139 Å². The minimum absolute atomic E-state index is 0.131. The van der Waals surface area contributed by atoms with E-state index in [2.05, 4.69) is 72.8 Å². The molecule has 0 saturated heterocycles. The Kier molecular flexibility index (Phi) is 7.50. The lowest BCUT2D eigenvalue weighted by molar-refractivity contribution is -0.112. The minimum atomic E-state index is -1.74. The summed E-state index contributed by atoms with van der Waals surface area (Å²) in [5, 5.41) is 4.96. The van der Waals surface area contributed by atoms with Crippen molar-refractivity contribution in [1.29, 1.82) is 0 Å². The van der Waals surface area contributed by atoms with Crippen LogP contribution in [0.2, 0.25) is 58.9 Å². The molecule has 4 aliphatic rings. The van der Waals surface area contributed by atoms with Gasteiger partial charge in [-0.2, -0.15) is 0 Å². The molecule has 0 heterocycles. The molecule has 0 aromatic heterocycles. The molecule has 7 heteroatoms. The molecular formula is C28H55NO3Si3. The van der Waals surface area contributed by atoms with Crippen LogP contribution in [-0.2, 0) is 13.4 Å². The van der Waals surface area contributed by atoms with Gasteiger partial charge < -0.3 is 13.4 Å². The Morgan fingerprint density at radius 1 is 0.714 bits per heavy atom. The van der Waals surface area contributed by atoms with Gasteiger partial charge in [-0.3, -0.25) is 0 Å². The van der Waals surface area contributed by atoms with Gasteiger partial charge in [0.1, 0.15) is 0 Å². The second kappa shape index (κ2) is 9.35. The molecule has 4 rings (SSSR count). The van der Waals surface area contributed by atoms with Gasteiger partial charge in [0.05, 0.1) is 11.8 Å². The second-order valence-electron chi connectivity index (χ2n) is 15.9. The summed E-state index contributed by atoms with van der Waals surface area (Å²) in [5.74, 6) is 3.16. The van der Waals surface area contributed by atoms with E-state index in [-0.39, 0.29) is 11.5 Å². The number of hydrogen-bond acceptors (Lipinski definition) is 4. The predicted octanol–water partition coefficient (Wildman–Crippen LogP) is 8.29. The fraction of sp³-hybridized carbons (Fsp3) is 0.964. The zero-order valence-corrected chi connectivity index (χ0v) is 27.8. The Balaban J connectivity index is 1.58. The number of oxime groups is 1. The van der Waals surface area contributed by atoms with Gasteiger partial charge in [0.2, 0.25) is 0 Å². The molecule has 0 N–H and O–H groups in total. The highest BCUT2D eigenvalue weighted by Crippen LogP contribution is 2.66. The van der Waals surface area contributed by atoms with Crippen LogP contribution >= 0.6 is 0 Å². The van der Waals surface area contributed by atoms with Crippen LogP contribution in [0.15, 0.2) is 5.16 Å². The van der Waals surface area contributed by atoms with Gasteiger partial charge in [0.25, 0.3) is 8.32 Å². The van der Waals surface area contributed by atoms with E-state index in [0.717, 1.165) is 24.2 Å². The fourth-order valence-corrected chi connectivity index (χ4v) is 11.1. The Morgan fingerprint density at radius 2 is 1.37 bits per heavy atom. The largest absolute Gasteiger partial charge is 0.456 e. The molecule has 0 aliphatic heterocycles. The molecule has 4 nitrogen and oxygen atoms in total. The summed E-state index contributed by atoms with van der Waals surface area (Å²) in [6.07, 6.45) is 11.1. The van der Waals surface area contributed by atoms with E-state index in [1.165, 1.54) is 50.7 Å². The quantitative estimate of drug-likeness (QED) is 0.253.